The third-order valence-electron chi connectivity index (χ3n) is 3.67. The minimum Gasteiger partial charge on any atom is -0.494 e. The molecule has 2 rings (SSSR count). The van der Waals surface area contributed by atoms with Gasteiger partial charge < -0.3 is 24.8 Å². The number of esters is 1. The van der Waals surface area contributed by atoms with E-state index < -0.39 is 12.0 Å². The second-order valence-electron chi connectivity index (χ2n) is 5.16. The lowest BCUT2D eigenvalue weighted by Crippen LogP contribution is -2.36. The van der Waals surface area contributed by atoms with Crippen molar-refractivity contribution in [2.75, 3.05) is 44.9 Å². The lowest BCUT2D eigenvalue weighted by Gasteiger charge is -2.29. The molecule has 122 valence electrons. The number of hydrogen-bond acceptors (Lipinski definition) is 6. The highest BCUT2D eigenvalue weighted by molar-refractivity contribution is 5.76. The smallest absolute Gasteiger partial charge is 0.322 e. The van der Waals surface area contributed by atoms with Gasteiger partial charge in [0.2, 0.25) is 0 Å². The third kappa shape index (κ3) is 4.11. The summed E-state index contributed by atoms with van der Waals surface area (Å²) >= 11 is 0. The number of hydrogen-bond donors (Lipinski definition) is 1. The summed E-state index contributed by atoms with van der Waals surface area (Å²) in [4.78, 5) is 13.7. The van der Waals surface area contributed by atoms with E-state index in [1.165, 1.54) is 7.11 Å². The van der Waals surface area contributed by atoms with E-state index >= 15 is 0 Å². The number of rotatable bonds is 6. The zero-order valence-corrected chi connectivity index (χ0v) is 13.2. The summed E-state index contributed by atoms with van der Waals surface area (Å²) in [6, 6.07) is 5.33. The van der Waals surface area contributed by atoms with Gasteiger partial charge in [-0.05, 0) is 18.6 Å². The summed E-state index contributed by atoms with van der Waals surface area (Å²) in [6.07, 6.45) is 0.394. The molecule has 1 unspecified atom stereocenters. The van der Waals surface area contributed by atoms with Crippen LogP contribution in [0.3, 0.4) is 0 Å². The fraction of sp³-hybridized carbons (Fsp3) is 0.562. The third-order valence-corrected chi connectivity index (χ3v) is 3.67. The molecule has 6 nitrogen and oxygen atoms in total. The maximum atomic E-state index is 11.5. The summed E-state index contributed by atoms with van der Waals surface area (Å²) < 4.78 is 15.8. The van der Waals surface area contributed by atoms with Crippen LogP contribution in [0.1, 0.15) is 12.5 Å². The summed E-state index contributed by atoms with van der Waals surface area (Å²) in [5.74, 6) is 0.352. The Morgan fingerprint density at radius 3 is 2.77 bits per heavy atom. The van der Waals surface area contributed by atoms with Crippen LogP contribution in [0.15, 0.2) is 18.2 Å². The first-order valence-electron chi connectivity index (χ1n) is 7.57. The first kappa shape index (κ1) is 16.6. The van der Waals surface area contributed by atoms with Gasteiger partial charge in [-0.1, -0.05) is 6.07 Å². The maximum Gasteiger partial charge on any atom is 0.322 e. The van der Waals surface area contributed by atoms with Gasteiger partial charge in [0.15, 0.2) is 0 Å². The zero-order valence-electron chi connectivity index (χ0n) is 13.2. The molecule has 1 aliphatic heterocycles. The second kappa shape index (κ2) is 8.00. The predicted molar refractivity (Wildman–Crippen MR) is 84.3 cm³/mol. The Hall–Kier alpha value is -1.79. The van der Waals surface area contributed by atoms with Crippen molar-refractivity contribution in [2.24, 2.45) is 5.73 Å². The van der Waals surface area contributed by atoms with E-state index in [2.05, 4.69) is 9.64 Å². The van der Waals surface area contributed by atoms with Gasteiger partial charge in [0, 0.05) is 31.3 Å². The van der Waals surface area contributed by atoms with Crippen LogP contribution in [0, 0.1) is 0 Å². The summed E-state index contributed by atoms with van der Waals surface area (Å²) in [7, 11) is 1.34. The van der Waals surface area contributed by atoms with E-state index in [0.717, 1.165) is 43.3 Å². The first-order chi connectivity index (χ1) is 10.7. The molecule has 1 atom stereocenters. The van der Waals surface area contributed by atoms with Gasteiger partial charge in [-0.3, -0.25) is 4.79 Å². The quantitative estimate of drug-likeness (QED) is 0.789. The average molecular weight is 308 g/mol. The molecule has 1 aromatic rings. The number of nitrogens with two attached hydrogens (primary N) is 1. The molecule has 1 saturated heterocycles. The van der Waals surface area contributed by atoms with Gasteiger partial charge in [0.05, 0.1) is 26.9 Å². The van der Waals surface area contributed by atoms with Crippen molar-refractivity contribution < 1.29 is 19.0 Å². The Labute approximate surface area is 131 Å². The Morgan fingerprint density at radius 1 is 1.41 bits per heavy atom. The van der Waals surface area contributed by atoms with Gasteiger partial charge in [-0.25, -0.2) is 0 Å². The van der Waals surface area contributed by atoms with E-state index in [-0.39, 0.29) is 0 Å². The molecule has 0 spiro atoms. The Bertz CT molecular complexity index is 501. The van der Waals surface area contributed by atoms with Crippen LogP contribution in [0.2, 0.25) is 0 Å². The topological polar surface area (TPSA) is 74.0 Å². The van der Waals surface area contributed by atoms with Crippen LogP contribution in [-0.2, 0) is 20.7 Å². The number of carbonyl (C=O) groups excluding carboxylic acids is 1. The van der Waals surface area contributed by atoms with E-state index in [4.69, 9.17) is 15.2 Å². The number of carbonyl (C=O) groups is 1. The largest absolute Gasteiger partial charge is 0.494 e. The van der Waals surface area contributed by atoms with Crippen LogP contribution in [0.25, 0.3) is 0 Å². The number of ether oxygens (including phenoxy) is 3. The van der Waals surface area contributed by atoms with Crippen molar-refractivity contribution in [3.63, 3.8) is 0 Å². The fourth-order valence-electron chi connectivity index (χ4n) is 2.49. The summed E-state index contributed by atoms with van der Waals surface area (Å²) in [6.45, 7) is 5.70. The molecule has 1 aromatic carbocycles. The highest BCUT2D eigenvalue weighted by Crippen LogP contribution is 2.27. The molecule has 1 aliphatic rings. The van der Waals surface area contributed by atoms with Crippen molar-refractivity contribution in [3.8, 4) is 5.75 Å². The normalized spacial score (nSPS) is 16.2. The molecule has 0 saturated carbocycles. The molecule has 1 heterocycles. The molecule has 0 aromatic heterocycles. The van der Waals surface area contributed by atoms with E-state index in [1.54, 1.807) is 0 Å². The van der Waals surface area contributed by atoms with Crippen LogP contribution in [0.5, 0.6) is 5.75 Å². The number of morpholine rings is 1. The minimum atomic E-state index is -0.682. The molecular weight excluding hydrogens is 284 g/mol. The van der Waals surface area contributed by atoms with Crippen molar-refractivity contribution in [1.29, 1.82) is 0 Å². The van der Waals surface area contributed by atoms with Crippen molar-refractivity contribution in [2.45, 2.75) is 19.4 Å². The number of nitrogens with zero attached hydrogens (tertiary/aromatic N) is 1. The number of benzene rings is 1. The number of methoxy groups -OCH3 is 1. The minimum absolute atomic E-state index is 0.394. The van der Waals surface area contributed by atoms with E-state index in [0.29, 0.717) is 13.0 Å². The van der Waals surface area contributed by atoms with Gasteiger partial charge >= 0.3 is 5.97 Å². The summed E-state index contributed by atoms with van der Waals surface area (Å²) in [5.41, 5.74) is 7.86. The molecule has 0 aliphatic carbocycles. The fourth-order valence-corrected chi connectivity index (χ4v) is 2.49. The second-order valence-corrected chi connectivity index (χ2v) is 5.16. The predicted octanol–water partition coefficient (Wildman–Crippen LogP) is 0.965. The summed E-state index contributed by atoms with van der Waals surface area (Å²) in [5, 5.41) is 0. The first-order valence-corrected chi connectivity index (χ1v) is 7.57. The maximum absolute atomic E-state index is 11.5. The highest BCUT2D eigenvalue weighted by Gasteiger charge is 2.18. The van der Waals surface area contributed by atoms with Crippen LogP contribution in [-0.4, -0.2) is 52.0 Å². The van der Waals surface area contributed by atoms with Gasteiger partial charge in [-0.2, -0.15) is 0 Å². The molecule has 2 N–H and O–H groups in total. The standard InChI is InChI=1S/C16H24N2O4/c1-3-22-15-11-13(18-6-8-21-9-7-18)5-4-12(15)10-14(17)16(19)20-2/h4-5,11,14H,3,6-10,17H2,1-2H3. The lowest BCUT2D eigenvalue weighted by molar-refractivity contribution is -0.142. The van der Waals surface area contributed by atoms with Gasteiger partial charge in [0.1, 0.15) is 11.8 Å². The number of anilines is 1. The van der Waals surface area contributed by atoms with Gasteiger partial charge in [-0.15, -0.1) is 0 Å². The van der Waals surface area contributed by atoms with E-state index in [9.17, 15) is 4.79 Å². The van der Waals surface area contributed by atoms with Gasteiger partial charge in [0.25, 0.3) is 0 Å². The van der Waals surface area contributed by atoms with Crippen molar-refractivity contribution >= 4 is 11.7 Å². The Morgan fingerprint density at radius 2 is 2.14 bits per heavy atom. The molecule has 0 bridgehead atoms. The van der Waals surface area contributed by atoms with Crippen LogP contribution >= 0.6 is 0 Å². The SMILES string of the molecule is CCOc1cc(N2CCOCC2)ccc1CC(N)C(=O)OC. The van der Waals surface area contributed by atoms with Crippen LogP contribution in [0.4, 0.5) is 5.69 Å². The van der Waals surface area contributed by atoms with Crippen LogP contribution < -0.4 is 15.4 Å². The molecule has 22 heavy (non-hydrogen) atoms. The van der Waals surface area contributed by atoms with E-state index in [1.807, 2.05) is 25.1 Å². The average Bonchev–Trinajstić information content (AvgIpc) is 2.56. The molecule has 0 amide bonds. The molecule has 6 heteroatoms. The Kier molecular flexibility index (Phi) is 6.03. The lowest BCUT2D eigenvalue weighted by atomic mass is 10.0. The molecule has 1 fully saturated rings. The highest BCUT2D eigenvalue weighted by atomic mass is 16.5. The monoisotopic (exact) mass is 308 g/mol. The van der Waals surface area contributed by atoms with Crippen molar-refractivity contribution in [1.82, 2.24) is 0 Å². The molecule has 0 radical (unpaired) electrons. The van der Waals surface area contributed by atoms with Crippen molar-refractivity contribution in [3.05, 3.63) is 23.8 Å². The Balaban J connectivity index is 2.17. The molecular formula is C16H24N2O4. The zero-order chi connectivity index (χ0) is 15.9.